The molecule has 2 aliphatic carbocycles. The Labute approximate surface area is 202 Å². The number of carbonyl (C=O) groups is 3. The predicted molar refractivity (Wildman–Crippen MR) is 128 cm³/mol. The van der Waals surface area contributed by atoms with E-state index in [0.29, 0.717) is 12.8 Å². The minimum absolute atomic E-state index is 0.0832. The van der Waals surface area contributed by atoms with Crippen LogP contribution >= 0.6 is 0 Å². The van der Waals surface area contributed by atoms with E-state index in [4.69, 9.17) is 4.74 Å². The molecule has 2 amide bonds. The summed E-state index contributed by atoms with van der Waals surface area (Å²) < 4.78 is 6.92. The highest BCUT2D eigenvalue weighted by molar-refractivity contribution is 6.01. The fourth-order valence-electron chi connectivity index (χ4n) is 5.21. The van der Waals surface area contributed by atoms with Gasteiger partial charge in [-0.3, -0.25) is 19.6 Å². The number of nitrogens with zero attached hydrogens (tertiary/aromatic N) is 2. The lowest BCUT2D eigenvalue weighted by molar-refractivity contribution is -0.142. The molecule has 1 fully saturated rings. The highest BCUT2D eigenvalue weighted by atomic mass is 16.5. The number of fused-ring (bicyclic) bond motifs is 3. The molecule has 2 aliphatic rings. The molecule has 0 saturated heterocycles. The average molecular weight is 475 g/mol. The van der Waals surface area contributed by atoms with Crippen LogP contribution in [0.4, 0.5) is 10.5 Å². The van der Waals surface area contributed by atoms with Crippen LogP contribution in [0.2, 0.25) is 0 Å². The third-order valence-corrected chi connectivity index (χ3v) is 6.88. The molecule has 3 aromatic rings. The van der Waals surface area contributed by atoms with Gasteiger partial charge in [-0.15, -0.1) is 0 Å². The van der Waals surface area contributed by atoms with Crippen molar-refractivity contribution in [2.75, 3.05) is 11.9 Å². The molecule has 0 aliphatic heterocycles. The van der Waals surface area contributed by atoms with Crippen LogP contribution < -0.4 is 10.6 Å². The number of amides is 2. The van der Waals surface area contributed by atoms with E-state index >= 15 is 0 Å². The van der Waals surface area contributed by atoms with Crippen molar-refractivity contribution in [3.05, 3.63) is 71.5 Å². The Morgan fingerprint density at radius 3 is 2.37 bits per heavy atom. The summed E-state index contributed by atoms with van der Waals surface area (Å²) in [5.41, 5.74) is 4.81. The predicted octanol–water partition coefficient (Wildman–Crippen LogP) is 3.76. The van der Waals surface area contributed by atoms with Crippen LogP contribution in [0.25, 0.3) is 11.1 Å². The fraction of sp³-hybridized carbons (Fsp3) is 0.308. The average Bonchev–Trinajstić information content (AvgIpc) is 3.54. The van der Waals surface area contributed by atoms with Gasteiger partial charge in [0.15, 0.2) is 0 Å². The minimum atomic E-state index is -0.921. The lowest BCUT2D eigenvalue weighted by Crippen LogP contribution is -2.41. The van der Waals surface area contributed by atoms with Gasteiger partial charge in [-0.1, -0.05) is 55.0 Å². The maximum Gasteiger partial charge on any atom is 0.411 e. The second-order valence-corrected chi connectivity index (χ2v) is 8.94. The zero-order valence-electron chi connectivity index (χ0n) is 19.2. The standard InChI is InChI=1S/C26H26N4O5/c1-30-23(24(31)28-21-12-6-11-19(21)25(32)33)22(13-27-30)29-26(34)35-14-20-17-9-4-2-7-15(17)16-8-3-5-10-18(16)20/h2-5,7-10,13,19-21H,6,11-12,14H2,1H3,(H,28,31)(H,29,34)(H,32,33)/t19-,21+/m1/s1. The van der Waals surface area contributed by atoms with E-state index in [0.717, 1.165) is 28.7 Å². The molecular weight excluding hydrogens is 448 g/mol. The molecule has 180 valence electrons. The number of nitrogens with one attached hydrogen (secondary N) is 2. The number of hydrogen-bond acceptors (Lipinski definition) is 5. The Kier molecular flexibility index (Phi) is 5.98. The zero-order chi connectivity index (χ0) is 24.5. The summed E-state index contributed by atoms with van der Waals surface area (Å²) in [4.78, 5) is 37.1. The number of benzene rings is 2. The van der Waals surface area contributed by atoms with E-state index in [1.807, 2.05) is 36.4 Å². The lowest BCUT2D eigenvalue weighted by atomic mass is 9.98. The number of carbonyl (C=O) groups excluding carboxylic acids is 2. The Bertz CT molecular complexity index is 1250. The molecule has 1 aromatic heterocycles. The van der Waals surface area contributed by atoms with Crippen molar-refractivity contribution in [1.82, 2.24) is 15.1 Å². The number of ether oxygens (including phenoxy) is 1. The maximum absolute atomic E-state index is 12.9. The lowest BCUT2D eigenvalue weighted by Gasteiger charge is -2.18. The Hall–Kier alpha value is -4.14. The SMILES string of the molecule is Cn1ncc(NC(=O)OCC2c3ccccc3-c3ccccc32)c1C(=O)N[C@H]1CCC[C@H]1C(=O)O. The first kappa shape index (κ1) is 22.6. The van der Waals surface area contributed by atoms with Gasteiger partial charge in [0.1, 0.15) is 12.3 Å². The molecule has 2 atom stereocenters. The molecule has 0 radical (unpaired) electrons. The van der Waals surface area contributed by atoms with Crippen molar-refractivity contribution in [1.29, 1.82) is 0 Å². The van der Waals surface area contributed by atoms with Crippen molar-refractivity contribution < 1.29 is 24.2 Å². The first-order valence-corrected chi connectivity index (χ1v) is 11.6. The second-order valence-electron chi connectivity index (χ2n) is 8.94. The third-order valence-electron chi connectivity index (χ3n) is 6.88. The molecule has 2 aromatic carbocycles. The van der Waals surface area contributed by atoms with Crippen molar-refractivity contribution in [3.8, 4) is 11.1 Å². The number of aryl methyl sites for hydroxylation is 1. The van der Waals surface area contributed by atoms with Crippen LogP contribution in [0.1, 0.15) is 46.8 Å². The van der Waals surface area contributed by atoms with Crippen LogP contribution in [0.15, 0.2) is 54.7 Å². The first-order valence-electron chi connectivity index (χ1n) is 11.6. The monoisotopic (exact) mass is 474 g/mol. The summed E-state index contributed by atoms with van der Waals surface area (Å²) in [7, 11) is 1.58. The van der Waals surface area contributed by atoms with Crippen LogP contribution in [0.3, 0.4) is 0 Å². The summed E-state index contributed by atoms with van der Waals surface area (Å²) in [6.07, 6.45) is 2.53. The first-order chi connectivity index (χ1) is 16.9. The molecule has 9 nitrogen and oxygen atoms in total. The normalized spacial score (nSPS) is 18.5. The minimum Gasteiger partial charge on any atom is -0.481 e. The molecule has 0 unspecified atom stereocenters. The van der Waals surface area contributed by atoms with Gasteiger partial charge in [0.05, 0.1) is 17.8 Å². The van der Waals surface area contributed by atoms with Gasteiger partial charge in [0, 0.05) is 19.0 Å². The number of rotatable bonds is 6. The van der Waals surface area contributed by atoms with Gasteiger partial charge in [-0.2, -0.15) is 5.10 Å². The summed E-state index contributed by atoms with van der Waals surface area (Å²) in [5.74, 6) is -2.11. The van der Waals surface area contributed by atoms with Gasteiger partial charge < -0.3 is 15.2 Å². The number of aromatic nitrogens is 2. The van der Waals surface area contributed by atoms with Crippen molar-refractivity contribution in [2.24, 2.45) is 13.0 Å². The molecule has 5 rings (SSSR count). The summed E-state index contributed by atoms with van der Waals surface area (Å²) in [6.45, 7) is 0.143. The third kappa shape index (κ3) is 4.25. The van der Waals surface area contributed by atoms with E-state index in [-0.39, 0.29) is 23.9 Å². The number of anilines is 1. The van der Waals surface area contributed by atoms with E-state index in [1.54, 1.807) is 7.05 Å². The number of carboxylic acid groups (broad SMARTS) is 1. The van der Waals surface area contributed by atoms with Gasteiger partial charge in [0.25, 0.3) is 5.91 Å². The number of carboxylic acids is 1. The van der Waals surface area contributed by atoms with Gasteiger partial charge >= 0.3 is 12.1 Å². The highest BCUT2D eigenvalue weighted by Crippen LogP contribution is 2.44. The Balaban J connectivity index is 1.26. The quantitative estimate of drug-likeness (QED) is 0.500. The van der Waals surface area contributed by atoms with Crippen LogP contribution in [0, 0.1) is 5.92 Å². The Morgan fingerprint density at radius 2 is 1.71 bits per heavy atom. The molecule has 1 heterocycles. The molecule has 1 saturated carbocycles. The zero-order valence-corrected chi connectivity index (χ0v) is 19.2. The molecule has 9 heteroatoms. The van der Waals surface area contributed by atoms with Gasteiger partial charge in [0.2, 0.25) is 0 Å². The van der Waals surface area contributed by atoms with Crippen molar-refractivity contribution >= 4 is 23.7 Å². The molecule has 35 heavy (non-hydrogen) atoms. The topological polar surface area (TPSA) is 123 Å². The van der Waals surface area contributed by atoms with Crippen molar-refractivity contribution in [3.63, 3.8) is 0 Å². The number of aliphatic carboxylic acids is 1. The molecule has 0 spiro atoms. The van der Waals surface area contributed by atoms with E-state index in [9.17, 15) is 19.5 Å². The highest BCUT2D eigenvalue weighted by Gasteiger charge is 2.35. The fourth-order valence-corrected chi connectivity index (χ4v) is 5.21. The van der Waals surface area contributed by atoms with Crippen LogP contribution in [-0.4, -0.2) is 45.5 Å². The molecule has 0 bridgehead atoms. The largest absolute Gasteiger partial charge is 0.481 e. The van der Waals surface area contributed by atoms with E-state index in [1.165, 1.54) is 10.9 Å². The maximum atomic E-state index is 12.9. The van der Waals surface area contributed by atoms with Crippen LogP contribution in [-0.2, 0) is 16.6 Å². The summed E-state index contributed by atoms with van der Waals surface area (Å²) in [5, 5.41) is 18.9. The van der Waals surface area contributed by atoms with E-state index < -0.39 is 29.9 Å². The second kappa shape index (κ2) is 9.25. The van der Waals surface area contributed by atoms with Gasteiger partial charge in [-0.25, -0.2) is 4.79 Å². The van der Waals surface area contributed by atoms with Gasteiger partial charge in [-0.05, 0) is 35.1 Å². The smallest absolute Gasteiger partial charge is 0.411 e. The molecular formula is C26H26N4O5. The van der Waals surface area contributed by atoms with E-state index in [2.05, 4.69) is 27.9 Å². The Morgan fingerprint density at radius 1 is 1.06 bits per heavy atom. The van der Waals surface area contributed by atoms with Crippen molar-refractivity contribution in [2.45, 2.75) is 31.2 Å². The summed E-state index contributed by atoms with van der Waals surface area (Å²) in [6, 6.07) is 15.7. The summed E-state index contributed by atoms with van der Waals surface area (Å²) >= 11 is 0. The molecule has 3 N–H and O–H groups in total. The number of hydrogen-bond donors (Lipinski definition) is 3. The van der Waals surface area contributed by atoms with Crippen LogP contribution in [0.5, 0.6) is 0 Å².